The monoisotopic (exact) mass is 516 g/mol. The van der Waals surface area contributed by atoms with E-state index in [2.05, 4.69) is 15.9 Å². The van der Waals surface area contributed by atoms with Crippen molar-refractivity contribution in [3.63, 3.8) is 0 Å². The lowest BCUT2D eigenvalue weighted by atomic mass is 9.98. The van der Waals surface area contributed by atoms with E-state index in [9.17, 15) is 9.59 Å². The van der Waals surface area contributed by atoms with Crippen LogP contribution >= 0.6 is 15.9 Å². The molecule has 8 heteroatoms. The first kappa shape index (κ1) is 23.2. The molecular formula is C25H25BrO7. The number of benzene rings is 2. The van der Waals surface area contributed by atoms with Crippen LogP contribution in [0.3, 0.4) is 0 Å². The molecule has 1 saturated carbocycles. The number of esters is 1. The predicted octanol–water partition coefficient (Wildman–Crippen LogP) is 5.49. The first-order chi connectivity index (χ1) is 16.0. The highest BCUT2D eigenvalue weighted by molar-refractivity contribution is 9.10. The van der Waals surface area contributed by atoms with Gasteiger partial charge in [0, 0.05) is 5.56 Å². The van der Waals surface area contributed by atoms with Crippen LogP contribution in [-0.4, -0.2) is 32.9 Å². The van der Waals surface area contributed by atoms with Crippen LogP contribution in [0.4, 0.5) is 0 Å². The summed E-state index contributed by atoms with van der Waals surface area (Å²) < 4.78 is 28.8. The van der Waals surface area contributed by atoms with Gasteiger partial charge in [-0.2, -0.15) is 0 Å². The van der Waals surface area contributed by atoms with E-state index in [0.717, 1.165) is 32.1 Å². The van der Waals surface area contributed by atoms with E-state index >= 15 is 0 Å². The largest absolute Gasteiger partial charge is 0.493 e. The first-order valence-corrected chi connectivity index (χ1v) is 11.6. The van der Waals surface area contributed by atoms with E-state index < -0.39 is 5.97 Å². The van der Waals surface area contributed by atoms with Gasteiger partial charge in [0.1, 0.15) is 11.7 Å². The molecule has 1 aliphatic carbocycles. The lowest BCUT2D eigenvalue weighted by Gasteiger charge is -2.21. The van der Waals surface area contributed by atoms with Gasteiger partial charge in [0.15, 0.2) is 23.9 Å². The maximum absolute atomic E-state index is 13.3. The van der Waals surface area contributed by atoms with Crippen molar-refractivity contribution in [1.29, 1.82) is 0 Å². The van der Waals surface area contributed by atoms with Crippen LogP contribution in [0.15, 0.2) is 50.1 Å². The molecule has 2 aromatic carbocycles. The van der Waals surface area contributed by atoms with Gasteiger partial charge in [-0.3, -0.25) is 4.79 Å². The van der Waals surface area contributed by atoms with E-state index in [1.54, 1.807) is 36.4 Å². The maximum Gasteiger partial charge on any atom is 0.344 e. The Morgan fingerprint density at radius 1 is 1.06 bits per heavy atom. The SMILES string of the molecule is COc1cc(-c2oc3ccccc3c(=O)c2OCC(=O)OC2CCCCC2)cc(Br)c1OC. The van der Waals surface area contributed by atoms with Gasteiger partial charge < -0.3 is 23.4 Å². The molecule has 0 radical (unpaired) electrons. The molecule has 0 atom stereocenters. The third kappa shape index (κ3) is 5.00. The van der Waals surface area contributed by atoms with Crippen LogP contribution in [0.2, 0.25) is 0 Å². The minimum atomic E-state index is -0.506. The summed E-state index contributed by atoms with van der Waals surface area (Å²) in [4.78, 5) is 25.7. The lowest BCUT2D eigenvalue weighted by molar-refractivity contribution is -0.152. The Bertz CT molecular complexity index is 1210. The summed E-state index contributed by atoms with van der Waals surface area (Å²) in [5, 5.41) is 0.358. The van der Waals surface area contributed by atoms with E-state index in [4.69, 9.17) is 23.4 Å². The van der Waals surface area contributed by atoms with Crippen molar-refractivity contribution in [2.75, 3.05) is 20.8 Å². The molecule has 0 N–H and O–H groups in total. The third-order valence-corrected chi connectivity index (χ3v) is 6.23. The Morgan fingerprint density at radius 3 is 2.55 bits per heavy atom. The molecule has 1 heterocycles. The fourth-order valence-electron chi connectivity index (χ4n) is 4.03. The number of carbonyl (C=O) groups excluding carboxylic acids is 1. The van der Waals surface area contributed by atoms with Crippen molar-refractivity contribution in [2.45, 2.75) is 38.2 Å². The molecule has 33 heavy (non-hydrogen) atoms. The summed E-state index contributed by atoms with van der Waals surface area (Å²) in [5.74, 6) is 0.566. The minimum absolute atomic E-state index is 0.0617. The Morgan fingerprint density at radius 2 is 1.82 bits per heavy atom. The number of carbonyl (C=O) groups is 1. The summed E-state index contributed by atoms with van der Waals surface area (Å²) >= 11 is 3.47. The smallest absolute Gasteiger partial charge is 0.344 e. The van der Waals surface area contributed by atoms with E-state index in [1.165, 1.54) is 14.2 Å². The number of fused-ring (bicyclic) bond motifs is 1. The fraction of sp³-hybridized carbons (Fsp3) is 0.360. The zero-order valence-corrected chi connectivity index (χ0v) is 20.1. The van der Waals surface area contributed by atoms with Gasteiger partial charge in [-0.15, -0.1) is 0 Å². The second kappa shape index (κ2) is 10.3. The Hall–Kier alpha value is -3.00. The number of hydrogen-bond donors (Lipinski definition) is 0. The summed E-state index contributed by atoms with van der Waals surface area (Å²) in [7, 11) is 3.05. The van der Waals surface area contributed by atoms with Crippen LogP contribution in [-0.2, 0) is 9.53 Å². The Balaban J connectivity index is 1.72. The number of rotatable bonds is 7. The van der Waals surface area contributed by atoms with Crippen LogP contribution in [0, 0.1) is 0 Å². The average molecular weight is 517 g/mol. The van der Waals surface area contributed by atoms with Gasteiger partial charge >= 0.3 is 5.97 Å². The minimum Gasteiger partial charge on any atom is -0.493 e. The molecule has 0 spiro atoms. The normalized spacial score (nSPS) is 14.2. The summed E-state index contributed by atoms with van der Waals surface area (Å²) in [5.41, 5.74) is 0.557. The molecule has 4 rings (SSSR count). The molecule has 0 unspecified atom stereocenters. The quantitative estimate of drug-likeness (QED) is 0.383. The van der Waals surface area contributed by atoms with Crippen LogP contribution in [0.1, 0.15) is 32.1 Å². The van der Waals surface area contributed by atoms with Gasteiger partial charge in [0.2, 0.25) is 11.2 Å². The van der Waals surface area contributed by atoms with Crippen molar-refractivity contribution in [3.8, 4) is 28.6 Å². The maximum atomic E-state index is 13.3. The first-order valence-electron chi connectivity index (χ1n) is 10.8. The molecule has 1 aromatic heterocycles. The number of methoxy groups -OCH3 is 2. The molecule has 174 valence electrons. The molecule has 0 bridgehead atoms. The molecule has 0 aliphatic heterocycles. The third-order valence-electron chi connectivity index (χ3n) is 5.64. The Kier molecular flexibility index (Phi) is 7.23. The molecule has 7 nitrogen and oxygen atoms in total. The summed E-state index contributed by atoms with van der Waals surface area (Å²) in [6.45, 7) is -0.388. The highest BCUT2D eigenvalue weighted by atomic mass is 79.9. The molecule has 0 amide bonds. The van der Waals surface area contributed by atoms with Crippen LogP contribution in [0.5, 0.6) is 17.2 Å². The second-order valence-corrected chi connectivity index (χ2v) is 8.67. The van der Waals surface area contributed by atoms with Crippen molar-refractivity contribution < 1.29 is 28.2 Å². The van der Waals surface area contributed by atoms with Crippen molar-refractivity contribution in [2.24, 2.45) is 0 Å². The predicted molar refractivity (Wildman–Crippen MR) is 127 cm³/mol. The van der Waals surface area contributed by atoms with E-state index in [-0.39, 0.29) is 29.6 Å². The van der Waals surface area contributed by atoms with Gasteiger partial charge in [-0.1, -0.05) is 18.6 Å². The molecule has 0 saturated heterocycles. The molecular weight excluding hydrogens is 492 g/mol. The average Bonchev–Trinajstić information content (AvgIpc) is 2.83. The highest BCUT2D eigenvalue weighted by Crippen LogP contribution is 2.41. The summed E-state index contributed by atoms with van der Waals surface area (Å²) in [6.07, 6.45) is 4.87. The fourth-order valence-corrected chi connectivity index (χ4v) is 4.63. The highest BCUT2D eigenvalue weighted by Gasteiger charge is 2.23. The molecule has 1 aliphatic rings. The van der Waals surface area contributed by atoms with Crippen molar-refractivity contribution in [1.82, 2.24) is 0 Å². The van der Waals surface area contributed by atoms with Gasteiger partial charge in [-0.25, -0.2) is 4.79 Å². The van der Waals surface area contributed by atoms with Gasteiger partial charge in [0.25, 0.3) is 0 Å². The zero-order chi connectivity index (χ0) is 23.4. The van der Waals surface area contributed by atoms with E-state index in [1.807, 2.05) is 0 Å². The Labute approximate surface area is 199 Å². The van der Waals surface area contributed by atoms with Crippen molar-refractivity contribution in [3.05, 3.63) is 51.1 Å². The number of halogens is 1. The number of ether oxygens (including phenoxy) is 4. The molecule has 1 fully saturated rings. The lowest BCUT2D eigenvalue weighted by Crippen LogP contribution is -2.25. The van der Waals surface area contributed by atoms with Gasteiger partial charge in [0.05, 0.1) is 24.1 Å². The van der Waals surface area contributed by atoms with Crippen LogP contribution < -0.4 is 19.6 Å². The van der Waals surface area contributed by atoms with Crippen LogP contribution in [0.25, 0.3) is 22.3 Å². The van der Waals surface area contributed by atoms with E-state index in [0.29, 0.717) is 32.5 Å². The summed E-state index contributed by atoms with van der Waals surface area (Å²) in [6, 6.07) is 10.3. The number of hydrogen-bond acceptors (Lipinski definition) is 7. The molecule has 3 aromatic rings. The number of para-hydroxylation sites is 1. The standard InChI is InChI=1S/C25H25BrO7/c1-29-20-13-15(12-18(26)24(20)30-2)23-25(22(28)17-10-6-7-11-19(17)33-23)31-14-21(27)32-16-8-4-3-5-9-16/h6-7,10-13,16H,3-5,8-9,14H2,1-2H3. The second-order valence-electron chi connectivity index (χ2n) is 7.82. The van der Waals surface area contributed by atoms with Crippen molar-refractivity contribution >= 4 is 32.9 Å². The van der Waals surface area contributed by atoms with Gasteiger partial charge in [-0.05, 0) is 65.9 Å². The topological polar surface area (TPSA) is 84.2 Å². The zero-order valence-electron chi connectivity index (χ0n) is 18.5.